The van der Waals surface area contributed by atoms with Crippen molar-refractivity contribution in [2.45, 2.75) is 39.2 Å². The Labute approximate surface area is 176 Å². The molecule has 30 heavy (non-hydrogen) atoms. The molecule has 0 aliphatic heterocycles. The molecule has 2 N–H and O–H groups in total. The zero-order valence-electron chi connectivity index (χ0n) is 17.2. The molecule has 2 aromatic carbocycles. The Bertz CT molecular complexity index is 879. The summed E-state index contributed by atoms with van der Waals surface area (Å²) in [4.78, 5) is 24.7. The predicted molar refractivity (Wildman–Crippen MR) is 113 cm³/mol. The summed E-state index contributed by atoms with van der Waals surface area (Å²) in [5.74, 6) is 2.42. The first kappa shape index (κ1) is 20.3. The summed E-state index contributed by atoms with van der Waals surface area (Å²) >= 11 is 0. The van der Waals surface area contributed by atoms with E-state index in [1.807, 2.05) is 43.3 Å². The van der Waals surface area contributed by atoms with E-state index in [0.29, 0.717) is 30.6 Å². The molecule has 6 heteroatoms. The Morgan fingerprint density at radius 2 is 1.60 bits per heavy atom. The van der Waals surface area contributed by atoms with Gasteiger partial charge in [-0.2, -0.15) is 0 Å². The molecule has 0 radical (unpaired) electrons. The summed E-state index contributed by atoms with van der Waals surface area (Å²) in [6, 6.07) is 14.6. The van der Waals surface area contributed by atoms with Crippen molar-refractivity contribution in [1.82, 2.24) is 10.9 Å². The highest BCUT2D eigenvalue weighted by Gasteiger charge is 2.43. The molecule has 2 aromatic rings. The van der Waals surface area contributed by atoms with Crippen molar-refractivity contribution in [3.63, 3.8) is 0 Å². The molecular weight excluding hydrogens is 380 g/mol. The molecule has 2 aliphatic carbocycles. The number of hydrogen-bond acceptors (Lipinski definition) is 4. The largest absolute Gasteiger partial charge is 0.494 e. The monoisotopic (exact) mass is 408 g/mol. The number of rotatable bonds is 7. The van der Waals surface area contributed by atoms with E-state index in [1.54, 1.807) is 12.1 Å². The molecule has 0 heterocycles. The lowest BCUT2D eigenvalue weighted by atomic mass is 9.88. The third kappa shape index (κ3) is 4.75. The highest BCUT2D eigenvalue weighted by Crippen LogP contribution is 2.48. The van der Waals surface area contributed by atoms with Crippen molar-refractivity contribution in [2.75, 3.05) is 6.61 Å². The van der Waals surface area contributed by atoms with Gasteiger partial charge in [-0.3, -0.25) is 20.4 Å². The standard InChI is InChI=1S/C24H28N2O4/c1-2-29-20-9-11-21(12-10-20)30-15-16-3-6-18(7-4-16)23(27)25-26-24(28)22-14-17-5-8-19(22)13-17/h3-4,6-7,9-12,17,19,22H,2,5,8,13-15H2,1H3,(H,25,27)(H,26,28). The van der Waals surface area contributed by atoms with Gasteiger partial charge in [0.25, 0.3) is 5.91 Å². The third-order valence-corrected chi connectivity index (χ3v) is 6.13. The lowest BCUT2D eigenvalue weighted by molar-refractivity contribution is -0.127. The highest BCUT2D eigenvalue weighted by molar-refractivity contribution is 5.95. The van der Waals surface area contributed by atoms with Crippen LogP contribution in [0.2, 0.25) is 0 Å². The normalized spacial score (nSPS) is 21.8. The molecule has 4 rings (SSSR count). The molecule has 0 aromatic heterocycles. The minimum atomic E-state index is -0.314. The van der Waals surface area contributed by atoms with Gasteiger partial charge in [0.2, 0.25) is 5.91 Å². The van der Waals surface area contributed by atoms with Crippen molar-refractivity contribution in [2.24, 2.45) is 17.8 Å². The van der Waals surface area contributed by atoms with Crippen LogP contribution in [0.4, 0.5) is 0 Å². The van der Waals surface area contributed by atoms with E-state index >= 15 is 0 Å². The molecular formula is C24H28N2O4. The van der Waals surface area contributed by atoms with Crippen molar-refractivity contribution in [3.05, 3.63) is 59.7 Å². The molecule has 6 nitrogen and oxygen atoms in total. The molecule has 158 valence electrons. The molecule has 0 spiro atoms. The Kier molecular flexibility index (Phi) is 6.21. The van der Waals surface area contributed by atoms with Crippen LogP contribution >= 0.6 is 0 Å². The quantitative estimate of drug-likeness (QED) is 0.682. The van der Waals surface area contributed by atoms with Crippen molar-refractivity contribution >= 4 is 11.8 Å². The van der Waals surface area contributed by atoms with E-state index in [2.05, 4.69) is 10.9 Å². The highest BCUT2D eigenvalue weighted by atomic mass is 16.5. The van der Waals surface area contributed by atoms with Crippen LogP contribution in [0.15, 0.2) is 48.5 Å². The number of amides is 2. The van der Waals surface area contributed by atoms with E-state index in [4.69, 9.17) is 9.47 Å². The molecule has 2 bridgehead atoms. The van der Waals surface area contributed by atoms with Gasteiger partial charge in [0.1, 0.15) is 18.1 Å². The van der Waals surface area contributed by atoms with Crippen LogP contribution in [0.3, 0.4) is 0 Å². The van der Waals surface area contributed by atoms with Crippen LogP contribution in [-0.4, -0.2) is 18.4 Å². The zero-order chi connectivity index (χ0) is 20.9. The van der Waals surface area contributed by atoms with Crippen LogP contribution in [0.25, 0.3) is 0 Å². The fourth-order valence-electron chi connectivity index (χ4n) is 4.57. The van der Waals surface area contributed by atoms with E-state index < -0.39 is 0 Å². The summed E-state index contributed by atoms with van der Waals surface area (Å²) in [6.45, 7) is 2.98. The first-order valence-electron chi connectivity index (χ1n) is 10.7. The van der Waals surface area contributed by atoms with E-state index in [-0.39, 0.29) is 17.7 Å². The smallest absolute Gasteiger partial charge is 0.269 e. The van der Waals surface area contributed by atoms with Crippen molar-refractivity contribution < 1.29 is 19.1 Å². The van der Waals surface area contributed by atoms with Crippen molar-refractivity contribution in [1.29, 1.82) is 0 Å². The second-order valence-electron chi connectivity index (χ2n) is 8.11. The maximum atomic E-state index is 12.4. The number of fused-ring (bicyclic) bond motifs is 2. The number of nitrogens with one attached hydrogen (secondary N) is 2. The Morgan fingerprint density at radius 1 is 0.900 bits per heavy atom. The van der Waals surface area contributed by atoms with Crippen LogP contribution in [0.1, 0.15) is 48.5 Å². The van der Waals surface area contributed by atoms with Gasteiger partial charge >= 0.3 is 0 Å². The van der Waals surface area contributed by atoms with E-state index in [0.717, 1.165) is 36.3 Å². The lowest BCUT2D eigenvalue weighted by Gasteiger charge is -2.20. The first-order chi connectivity index (χ1) is 14.6. The van der Waals surface area contributed by atoms with Gasteiger partial charge in [-0.1, -0.05) is 18.6 Å². The summed E-state index contributed by atoms with van der Waals surface area (Å²) in [5, 5.41) is 0. The number of ether oxygens (including phenoxy) is 2. The van der Waals surface area contributed by atoms with Gasteiger partial charge in [0.05, 0.1) is 6.61 Å². The van der Waals surface area contributed by atoms with Gasteiger partial charge in [-0.05, 0) is 80.0 Å². The summed E-state index contributed by atoms with van der Waals surface area (Å²) in [5.41, 5.74) is 6.60. The second kappa shape index (κ2) is 9.20. The average molecular weight is 408 g/mol. The molecule has 2 saturated carbocycles. The van der Waals surface area contributed by atoms with Crippen LogP contribution < -0.4 is 20.3 Å². The fourth-order valence-corrected chi connectivity index (χ4v) is 4.57. The summed E-state index contributed by atoms with van der Waals surface area (Å²) < 4.78 is 11.2. The fraction of sp³-hybridized carbons (Fsp3) is 0.417. The van der Waals surface area contributed by atoms with Gasteiger partial charge in [0.15, 0.2) is 0 Å². The molecule has 2 amide bonds. The van der Waals surface area contributed by atoms with Crippen LogP contribution in [0, 0.1) is 17.8 Å². The zero-order valence-corrected chi connectivity index (χ0v) is 17.2. The van der Waals surface area contributed by atoms with Crippen molar-refractivity contribution in [3.8, 4) is 11.5 Å². The molecule has 2 aliphatic rings. The maximum Gasteiger partial charge on any atom is 0.269 e. The Morgan fingerprint density at radius 3 is 2.20 bits per heavy atom. The summed E-state index contributed by atoms with van der Waals surface area (Å²) in [6.07, 6.45) is 4.49. The number of hydrogen-bond donors (Lipinski definition) is 2. The SMILES string of the molecule is CCOc1ccc(OCc2ccc(C(=O)NNC(=O)C3CC4CCC3C4)cc2)cc1. The molecule has 3 atom stereocenters. The molecule has 0 saturated heterocycles. The second-order valence-corrected chi connectivity index (χ2v) is 8.11. The van der Waals surface area contributed by atoms with E-state index in [9.17, 15) is 9.59 Å². The van der Waals surface area contributed by atoms with Gasteiger partial charge in [-0.15, -0.1) is 0 Å². The topological polar surface area (TPSA) is 76.7 Å². The van der Waals surface area contributed by atoms with E-state index in [1.165, 1.54) is 6.42 Å². The minimum absolute atomic E-state index is 0.0474. The van der Waals surface area contributed by atoms with Crippen LogP contribution in [0.5, 0.6) is 11.5 Å². The third-order valence-electron chi connectivity index (χ3n) is 6.13. The van der Waals surface area contributed by atoms with Gasteiger partial charge < -0.3 is 9.47 Å². The minimum Gasteiger partial charge on any atom is -0.494 e. The van der Waals surface area contributed by atoms with Gasteiger partial charge in [-0.25, -0.2) is 0 Å². The predicted octanol–water partition coefficient (Wildman–Crippen LogP) is 3.86. The number of hydrazine groups is 1. The molecule has 2 fully saturated rings. The molecule has 3 unspecified atom stereocenters. The average Bonchev–Trinajstić information content (AvgIpc) is 3.41. The Balaban J connectivity index is 1.23. The maximum absolute atomic E-state index is 12.4. The number of carbonyl (C=O) groups is 2. The summed E-state index contributed by atoms with van der Waals surface area (Å²) in [7, 11) is 0. The number of benzene rings is 2. The number of carbonyl (C=O) groups excluding carboxylic acids is 2. The van der Waals surface area contributed by atoms with Gasteiger partial charge in [0, 0.05) is 11.5 Å². The van der Waals surface area contributed by atoms with Crippen LogP contribution in [-0.2, 0) is 11.4 Å². The first-order valence-corrected chi connectivity index (χ1v) is 10.7. The lowest BCUT2D eigenvalue weighted by Crippen LogP contribution is -2.45. The Hall–Kier alpha value is -3.02.